The van der Waals surface area contributed by atoms with E-state index in [0.717, 1.165) is 10.6 Å². The second-order valence-electron chi connectivity index (χ2n) is 4.02. The molecule has 8 heteroatoms. The van der Waals surface area contributed by atoms with E-state index in [-0.39, 0.29) is 11.6 Å². The van der Waals surface area contributed by atoms with Gasteiger partial charge in [0.1, 0.15) is 5.82 Å². The van der Waals surface area contributed by atoms with Gasteiger partial charge in [0.2, 0.25) is 5.88 Å². The first-order valence-corrected chi connectivity index (χ1v) is 6.84. The van der Waals surface area contributed by atoms with Crippen molar-refractivity contribution >= 4 is 22.8 Å². The van der Waals surface area contributed by atoms with E-state index in [4.69, 9.17) is 4.74 Å². The van der Waals surface area contributed by atoms with Crippen LogP contribution < -0.4 is 10.1 Å². The zero-order chi connectivity index (χ0) is 14.5. The third-order valence-electron chi connectivity index (χ3n) is 2.68. The second-order valence-corrected chi connectivity index (χ2v) is 4.95. The van der Waals surface area contributed by atoms with Crippen molar-refractivity contribution in [1.82, 2.24) is 9.97 Å². The van der Waals surface area contributed by atoms with Crippen molar-refractivity contribution in [3.8, 4) is 5.88 Å². The molecule has 20 heavy (non-hydrogen) atoms. The van der Waals surface area contributed by atoms with Crippen LogP contribution in [0.1, 0.15) is 10.6 Å². The molecule has 0 amide bonds. The van der Waals surface area contributed by atoms with Gasteiger partial charge in [-0.25, -0.2) is 4.98 Å². The highest BCUT2D eigenvalue weighted by Gasteiger charge is 2.11. The average molecular weight is 294 g/mol. The molecule has 2 aromatic heterocycles. The molecular weight excluding hydrogens is 280 g/mol. The molecule has 0 bridgehead atoms. The Morgan fingerprint density at radius 3 is 2.90 bits per heavy atom. The molecule has 0 radical (unpaired) electrons. The number of hydrogen-bond donors (Lipinski definition) is 1. The predicted molar refractivity (Wildman–Crippen MR) is 76.5 cm³/mol. The third-order valence-corrected chi connectivity index (χ3v) is 3.67. The number of hydrogen-bond acceptors (Lipinski definition) is 7. The quantitative estimate of drug-likeness (QED) is 0.650. The van der Waals surface area contributed by atoms with Crippen LogP contribution in [0.2, 0.25) is 0 Å². The van der Waals surface area contributed by atoms with Gasteiger partial charge in [0.25, 0.3) is 5.69 Å². The van der Waals surface area contributed by atoms with Gasteiger partial charge in [-0.05, 0) is 6.92 Å². The van der Waals surface area contributed by atoms with Crippen LogP contribution in [0.25, 0.3) is 0 Å². The van der Waals surface area contributed by atoms with E-state index >= 15 is 0 Å². The van der Waals surface area contributed by atoms with Crippen LogP contribution >= 0.6 is 11.3 Å². The van der Waals surface area contributed by atoms with Crippen molar-refractivity contribution in [3.05, 3.63) is 38.3 Å². The average Bonchev–Trinajstić information content (AvgIpc) is 2.84. The highest BCUT2D eigenvalue weighted by Crippen LogP contribution is 2.22. The molecule has 0 fully saturated rings. The van der Waals surface area contributed by atoms with Crippen molar-refractivity contribution in [2.24, 2.45) is 0 Å². The van der Waals surface area contributed by atoms with Gasteiger partial charge in [-0.1, -0.05) is 0 Å². The summed E-state index contributed by atoms with van der Waals surface area (Å²) in [4.78, 5) is 19.8. The van der Waals surface area contributed by atoms with Crippen molar-refractivity contribution in [2.45, 2.75) is 13.3 Å². The van der Waals surface area contributed by atoms with E-state index in [1.165, 1.54) is 12.1 Å². The minimum Gasteiger partial charge on any atom is -0.477 e. The Kier molecular flexibility index (Phi) is 4.46. The predicted octanol–water partition coefficient (Wildman–Crippen LogP) is 2.42. The van der Waals surface area contributed by atoms with Crippen LogP contribution in [-0.2, 0) is 6.42 Å². The lowest BCUT2D eigenvalue weighted by Crippen LogP contribution is -2.04. The fourth-order valence-corrected chi connectivity index (χ4v) is 2.38. The molecule has 0 unspecified atom stereocenters. The van der Waals surface area contributed by atoms with Crippen molar-refractivity contribution in [3.63, 3.8) is 0 Å². The van der Waals surface area contributed by atoms with Gasteiger partial charge in [0, 0.05) is 18.3 Å². The van der Waals surface area contributed by atoms with Crippen LogP contribution in [0.4, 0.5) is 11.5 Å². The lowest BCUT2D eigenvalue weighted by atomic mass is 10.3. The summed E-state index contributed by atoms with van der Waals surface area (Å²) >= 11 is 1.57. The summed E-state index contributed by atoms with van der Waals surface area (Å²) in [6.07, 6.45) is 0.704. The Labute approximate surface area is 119 Å². The second kappa shape index (κ2) is 6.29. The van der Waals surface area contributed by atoms with E-state index in [9.17, 15) is 10.1 Å². The fraction of sp³-hybridized carbons (Fsp3) is 0.333. The molecule has 2 rings (SSSR count). The van der Waals surface area contributed by atoms with Gasteiger partial charge in [-0.15, -0.1) is 11.3 Å². The Morgan fingerprint density at radius 1 is 1.50 bits per heavy atom. The standard InChI is InChI=1S/C12H14N4O3S/c1-8-10(20-7-14-8)3-4-19-12-6-9(16(17)18)5-11(13-2)15-12/h5-7H,3-4H2,1-2H3,(H,13,15). The van der Waals surface area contributed by atoms with Crippen LogP contribution in [0.3, 0.4) is 0 Å². The molecule has 0 saturated carbocycles. The molecule has 0 aromatic carbocycles. The summed E-state index contributed by atoms with van der Waals surface area (Å²) in [7, 11) is 1.65. The lowest BCUT2D eigenvalue weighted by molar-refractivity contribution is -0.384. The van der Waals surface area contributed by atoms with E-state index in [2.05, 4.69) is 15.3 Å². The number of pyridine rings is 1. The van der Waals surface area contributed by atoms with Crippen LogP contribution in [0, 0.1) is 17.0 Å². The number of rotatable bonds is 6. The molecule has 2 aromatic rings. The van der Waals surface area contributed by atoms with Gasteiger partial charge < -0.3 is 10.1 Å². The molecular formula is C12H14N4O3S. The minimum absolute atomic E-state index is 0.0479. The molecule has 106 valence electrons. The van der Waals surface area contributed by atoms with E-state index < -0.39 is 4.92 Å². The Bertz CT molecular complexity index is 614. The number of ether oxygens (including phenoxy) is 1. The molecule has 0 aliphatic rings. The summed E-state index contributed by atoms with van der Waals surface area (Å²) < 4.78 is 5.49. The maximum Gasteiger partial charge on any atom is 0.278 e. The highest BCUT2D eigenvalue weighted by atomic mass is 32.1. The monoisotopic (exact) mass is 294 g/mol. The maximum atomic E-state index is 10.8. The molecule has 0 aliphatic heterocycles. The number of nitrogens with one attached hydrogen (secondary N) is 1. The van der Waals surface area contributed by atoms with E-state index in [1.807, 2.05) is 6.92 Å². The summed E-state index contributed by atoms with van der Waals surface area (Å²) in [5.41, 5.74) is 2.73. The van der Waals surface area contributed by atoms with Crippen molar-refractivity contribution in [1.29, 1.82) is 0 Å². The first kappa shape index (κ1) is 14.2. The van der Waals surface area contributed by atoms with Crippen LogP contribution in [0.15, 0.2) is 17.6 Å². The number of aromatic nitrogens is 2. The number of aryl methyl sites for hydroxylation is 1. The number of anilines is 1. The normalized spacial score (nSPS) is 10.3. The van der Waals surface area contributed by atoms with Gasteiger partial charge >= 0.3 is 0 Å². The highest BCUT2D eigenvalue weighted by molar-refractivity contribution is 7.09. The third kappa shape index (κ3) is 3.41. The molecule has 0 atom stereocenters. The number of thiazole rings is 1. The first-order chi connectivity index (χ1) is 9.60. The topological polar surface area (TPSA) is 90.2 Å². The number of nitrogens with zero attached hydrogens (tertiary/aromatic N) is 3. The molecule has 0 aliphatic carbocycles. The Hall–Kier alpha value is -2.22. The molecule has 7 nitrogen and oxygen atoms in total. The van der Waals surface area contributed by atoms with Gasteiger partial charge in [0.05, 0.1) is 34.9 Å². The zero-order valence-electron chi connectivity index (χ0n) is 11.1. The van der Waals surface area contributed by atoms with Crippen LogP contribution in [0.5, 0.6) is 5.88 Å². The summed E-state index contributed by atoms with van der Waals surface area (Å²) in [5.74, 6) is 0.647. The van der Waals surface area contributed by atoms with Gasteiger partial charge in [-0.2, -0.15) is 4.98 Å². The molecule has 0 spiro atoms. The number of nitro groups is 1. The Morgan fingerprint density at radius 2 is 2.30 bits per heavy atom. The SMILES string of the molecule is CNc1cc([N+](=O)[O-])cc(OCCc2scnc2C)n1. The largest absolute Gasteiger partial charge is 0.477 e. The molecule has 1 N–H and O–H groups in total. The van der Waals surface area contributed by atoms with Crippen molar-refractivity contribution in [2.75, 3.05) is 19.0 Å². The zero-order valence-corrected chi connectivity index (χ0v) is 11.9. The molecule has 0 saturated heterocycles. The van der Waals surface area contributed by atoms with E-state index in [1.54, 1.807) is 23.9 Å². The van der Waals surface area contributed by atoms with Crippen molar-refractivity contribution < 1.29 is 9.66 Å². The first-order valence-electron chi connectivity index (χ1n) is 5.96. The summed E-state index contributed by atoms with van der Waals surface area (Å²) in [5, 5.41) is 13.6. The maximum absolute atomic E-state index is 10.8. The summed E-state index contributed by atoms with van der Waals surface area (Å²) in [6.45, 7) is 2.34. The van der Waals surface area contributed by atoms with Crippen LogP contribution in [-0.4, -0.2) is 28.5 Å². The molecule has 2 heterocycles. The smallest absolute Gasteiger partial charge is 0.278 e. The fourth-order valence-electron chi connectivity index (χ4n) is 1.61. The lowest BCUT2D eigenvalue weighted by Gasteiger charge is -2.06. The van der Waals surface area contributed by atoms with Gasteiger partial charge in [-0.3, -0.25) is 10.1 Å². The minimum atomic E-state index is -0.470. The Balaban J connectivity index is 2.03. The van der Waals surface area contributed by atoms with E-state index in [0.29, 0.717) is 18.8 Å². The van der Waals surface area contributed by atoms with Gasteiger partial charge in [0.15, 0.2) is 0 Å². The summed E-state index contributed by atoms with van der Waals surface area (Å²) in [6, 6.07) is 2.68.